The molecule has 0 amide bonds. The Balaban J connectivity index is 1.81. The first-order valence-electron chi connectivity index (χ1n) is 12.3. The molecule has 0 aliphatic carbocycles. The fourth-order valence-electron chi connectivity index (χ4n) is 4.08. The molecule has 0 saturated carbocycles. The third-order valence-corrected chi connectivity index (χ3v) is 7.80. The summed E-state index contributed by atoms with van der Waals surface area (Å²) in [5.74, 6) is 0.706. The van der Waals surface area contributed by atoms with E-state index in [0.29, 0.717) is 50.0 Å². The molecule has 0 saturated heterocycles. The van der Waals surface area contributed by atoms with E-state index in [2.05, 4.69) is 6.07 Å². The third-order valence-electron chi connectivity index (χ3n) is 5.94. The zero-order valence-electron chi connectivity index (χ0n) is 21.4. The van der Waals surface area contributed by atoms with E-state index in [1.165, 1.54) is 4.31 Å². The zero-order chi connectivity index (χ0) is 26.3. The van der Waals surface area contributed by atoms with Gasteiger partial charge in [-0.15, -0.1) is 0 Å². The molecule has 0 aliphatic heterocycles. The number of benzene rings is 2. The van der Waals surface area contributed by atoms with Crippen molar-refractivity contribution in [3.05, 3.63) is 59.4 Å². The number of nitrogens with zero attached hydrogens (tertiary/aromatic N) is 4. The van der Waals surface area contributed by atoms with Gasteiger partial charge in [0.25, 0.3) is 0 Å². The summed E-state index contributed by atoms with van der Waals surface area (Å²) in [4.78, 5) is 16.5. The summed E-state index contributed by atoms with van der Waals surface area (Å²) in [6.45, 7) is 6.81. The second-order valence-corrected chi connectivity index (χ2v) is 11.2. The summed E-state index contributed by atoms with van der Waals surface area (Å²) in [5, 5.41) is 9.00. The summed E-state index contributed by atoms with van der Waals surface area (Å²) in [5.41, 5.74) is 3.09. The highest BCUT2D eigenvalue weighted by Crippen LogP contribution is 2.24. The second kappa shape index (κ2) is 12.2. The largest absolute Gasteiger partial charge is 0.466 e. The molecule has 36 heavy (non-hydrogen) atoms. The first kappa shape index (κ1) is 27.4. The van der Waals surface area contributed by atoms with E-state index in [0.717, 1.165) is 16.9 Å². The molecule has 0 atom stereocenters. The van der Waals surface area contributed by atoms with Gasteiger partial charge in [0.1, 0.15) is 5.82 Å². The number of carbonyl (C=O) groups is 1. The average Bonchev–Trinajstić information content (AvgIpc) is 3.15. The van der Waals surface area contributed by atoms with Crippen molar-refractivity contribution >= 4 is 27.0 Å². The van der Waals surface area contributed by atoms with Crippen LogP contribution in [0.3, 0.4) is 0 Å². The lowest BCUT2D eigenvalue weighted by Crippen LogP contribution is -2.35. The Morgan fingerprint density at radius 2 is 1.89 bits per heavy atom. The van der Waals surface area contributed by atoms with Crippen molar-refractivity contribution < 1.29 is 17.9 Å². The van der Waals surface area contributed by atoms with Gasteiger partial charge < -0.3 is 9.30 Å². The van der Waals surface area contributed by atoms with Crippen LogP contribution in [0, 0.1) is 17.2 Å². The van der Waals surface area contributed by atoms with Gasteiger partial charge in [-0.1, -0.05) is 26.0 Å². The minimum atomic E-state index is -3.73. The van der Waals surface area contributed by atoms with E-state index in [1.807, 2.05) is 37.6 Å². The van der Waals surface area contributed by atoms with Gasteiger partial charge in [0.15, 0.2) is 0 Å². The van der Waals surface area contributed by atoms with Crippen LogP contribution >= 0.6 is 0 Å². The molecule has 0 fully saturated rings. The molecule has 0 spiro atoms. The van der Waals surface area contributed by atoms with E-state index < -0.39 is 10.0 Å². The zero-order valence-corrected chi connectivity index (χ0v) is 22.2. The first-order valence-corrected chi connectivity index (χ1v) is 13.7. The molecule has 0 aliphatic rings. The maximum absolute atomic E-state index is 13.6. The Hall–Kier alpha value is -3.22. The third kappa shape index (κ3) is 6.71. The highest BCUT2D eigenvalue weighted by Gasteiger charge is 2.26. The molecular formula is C27H34N4O4S. The number of nitriles is 1. The van der Waals surface area contributed by atoms with Gasteiger partial charge in [-0.25, -0.2) is 13.4 Å². The average molecular weight is 511 g/mol. The van der Waals surface area contributed by atoms with Crippen LogP contribution in [0.1, 0.15) is 57.0 Å². The normalized spacial score (nSPS) is 11.8. The van der Waals surface area contributed by atoms with E-state index in [-0.39, 0.29) is 23.2 Å². The second-order valence-electron chi connectivity index (χ2n) is 9.24. The van der Waals surface area contributed by atoms with E-state index in [1.54, 1.807) is 37.3 Å². The molecule has 2 aromatic carbocycles. The molecule has 3 aromatic rings. The minimum absolute atomic E-state index is 0.155. The lowest BCUT2D eigenvalue weighted by atomic mass is 10.1. The van der Waals surface area contributed by atoms with Crippen molar-refractivity contribution in [2.75, 3.05) is 19.7 Å². The van der Waals surface area contributed by atoms with Crippen molar-refractivity contribution in [2.24, 2.45) is 13.0 Å². The van der Waals surface area contributed by atoms with Gasteiger partial charge >= 0.3 is 5.97 Å². The fourth-order valence-corrected chi connectivity index (χ4v) is 5.75. The number of hydrogen-bond donors (Lipinski definition) is 0. The predicted molar refractivity (Wildman–Crippen MR) is 139 cm³/mol. The highest BCUT2D eigenvalue weighted by atomic mass is 32.2. The van der Waals surface area contributed by atoms with E-state index in [9.17, 15) is 13.2 Å². The van der Waals surface area contributed by atoms with Crippen molar-refractivity contribution in [3.8, 4) is 6.07 Å². The molecule has 0 N–H and O–H groups in total. The van der Waals surface area contributed by atoms with Gasteiger partial charge in [0, 0.05) is 33.0 Å². The Morgan fingerprint density at radius 1 is 1.17 bits per heavy atom. The molecule has 8 nitrogen and oxygen atoms in total. The topological polar surface area (TPSA) is 105 Å². The van der Waals surface area contributed by atoms with Crippen molar-refractivity contribution in [3.63, 3.8) is 0 Å². The van der Waals surface area contributed by atoms with Crippen LogP contribution in [-0.4, -0.2) is 47.9 Å². The first-order chi connectivity index (χ1) is 17.1. The Bertz CT molecular complexity index is 1340. The lowest BCUT2D eigenvalue weighted by molar-refractivity contribution is -0.143. The van der Waals surface area contributed by atoms with Crippen LogP contribution in [0.4, 0.5) is 0 Å². The maximum Gasteiger partial charge on any atom is 0.305 e. The number of unbranched alkanes of at least 4 members (excludes halogenated alkanes) is 1. The number of hydrogen-bond acceptors (Lipinski definition) is 6. The number of sulfonamides is 1. The molecule has 0 bridgehead atoms. The molecule has 1 aromatic heterocycles. The van der Waals surface area contributed by atoms with Gasteiger partial charge in [-0.2, -0.15) is 9.57 Å². The lowest BCUT2D eigenvalue weighted by Gasteiger charge is -2.24. The number of esters is 1. The molecule has 192 valence electrons. The van der Waals surface area contributed by atoms with Crippen LogP contribution in [0.25, 0.3) is 11.0 Å². The summed E-state index contributed by atoms with van der Waals surface area (Å²) in [6.07, 6.45) is 2.00. The quantitative estimate of drug-likeness (QED) is 0.264. The highest BCUT2D eigenvalue weighted by molar-refractivity contribution is 7.89. The summed E-state index contributed by atoms with van der Waals surface area (Å²) >= 11 is 0. The van der Waals surface area contributed by atoms with Crippen LogP contribution < -0.4 is 0 Å². The van der Waals surface area contributed by atoms with Gasteiger partial charge in [0.2, 0.25) is 10.0 Å². The smallest absolute Gasteiger partial charge is 0.305 e. The number of rotatable bonds is 12. The maximum atomic E-state index is 13.6. The van der Waals surface area contributed by atoms with Gasteiger partial charge in [-0.05, 0) is 61.6 Å². The van der Waals surface area contributed by atoms with Crippen LogP contribution in [0.2, 0.25) is 0 Å². The molecule has 0 unspecified atom stereocenters. The summed E-state index contributed by atoms with van der Waals surface area (Å²) in [7, 11) is -1.82. The molecular weight excluding hydrogens is 476 g/mol. The summed E-state index contributed by atoms with van der Waals surface area (Å²) in [6, 6.07) is 14.5. The van der Waals surface area contributed by atoms with Crippen molar-refractivity contribution in [2.45, 2.75) is 51.3 Å². The predicted octanol–water partition coefficient (Wildman–Crippen LogP) is 4.42. The Kier molecular flexibility index (Phi) is 9.24. The number of ether oxygens (including phenoxy) is 1. The number of imidazole rings is 1. The van der Waals surface area contributed by atoms with Crippen LogP contribution in [0.15, 0.2) is 47.4 Å². The Morgan fingerprint density at radius 3 is 2.53 bits per heavy atom. The van der Waals surface area contributed by atoms with Gasteiger partial charge in [-0.3, -0.25) is 4.79 Å². The minimum Gasteiger partial charge on any atom is -0.466 e. The fraction of sp³-hybridized carbons (Fsp3) is 0.444. The standard InChI is InChI=1S/C27H34N4O4S/c1-5-35-27(32)8-6-7-15-31(19-20(2)3)36(33,34)23-13-14-25-24(17-23)29-26(30(25)4)16-21-9-11-22(18-28)12-10-21/h9-14,17,20H,5-8,15-16,19H2,1-4H3. The number of fused-ring (bicyclic) bond motifs is 1. The van der Waals surface area contributed by atoms with Crippen LogP contribution in [0.5, 0.6) is 0 Å². The van der Waals surface area contributed by atoms with Crippen molar-refractivity contribution in [1.82, 2.24) is 13.9 Å². The number of aryl methyl sites for hydroxylation is 1. The summed E-state index contributed by atoms with van der Waals surface area (Å²) < 4.78 is 35.5. The Labute approximate surface area is 213 Å². The number of aromatic nitrogens is 2. The molecule has 9 heteroatoms. The van der Waals surface area contributed by atoms with Crippen molar-refractivity contribution in [1.29, 1.82) is 5.26 Å². The number of carbonyl (C=O) groups excluding carboxylic acids is 1. The monoisotopic (exact) mass is 510 g/mol. The molecule has 1 heterocycles. The van der Waals surface area contributed by atoms with Gasteiger partial charge in [0.05, 0.1) is 34.2 Å². The van der Waals surface area contributed by atoms with E-state index >= 15 is 0 Å². The SMILES string of the molecule is CCOC(=O)CCCCN(CC(C)C)S(=O)(=O)c1ccc2c(c1)nc(Cc1ccc(C#N)cc1)n2C. The van der Waals surface area contributed by atoms with Crippen LogP contribution in [-0.2, 0) is 33.0 Å². The molecule has 3 rings (SSSR count). The molecule has 0 radical (unpaired) electrons. The van der Waals surface area contributed by atoms with E-state index in [4.69, 9.17) is 15.0 Å².